The molecule has 1 aromatic carbocycles. The van der Waals surface area contributed by atoms with Gasteiger partial charge in [0.15, 0.2) is 0 Å². The smallest absolute Gasteiger partial charge is 0.230 e. The molecule has 0 bridgehead atoms. The lowest BCUT2D eigenvalue weighted by Crippen LogP contribution is -2.07. The minimum Gasteiger partial charge on any atom is -0.506 e. The number of benzene rings is 1. The first kappa shape index (κ1) is 13.5. The molecule has 2 aromatic rings. The first-order valence-corrected chi connectivity index (χ1v) is 6.65. The highest BCUT2D eigenvalue weighted by molar-refractivity contribution is 7.15. The van der Waals surface area contributed by atoms with Gasteiger partial charge in [-0.2, -0.15) is 0 Å². The molecule has 0 unspecified atom stereocenters. The van der Waals surface area contributed by atoms with Gasteiger partial charge in [0.1, 0.15) is 11.4 Å². The second-order valence-corrected chi connectivity index (χ2v) is 5.59. The number of aromatic hydroxyl groups is 1. The Morgan fingerprint density at radius 2 is 1.95 bits per heavy atom. The van der Waals surface area contributed by atoms with Crippen molar-refractivity contribution in [3.8, 4) is 5.75 Å². The van der Waals surface area contributed by atoms with Gasteiger partial charge in [-0.1, -0.05) is 11.3 Å². The SMILES string of the molecule is Cc1nc(N=Nc2ccc(N(C)C)cc2O)sc1C. The van der Waals surface area contributed by atoms with Crippen LogP contribution >= 0.6 is 11.3 Å². The Morgan fingerprint density at radius 1 is 1.21 bits per heavy atom. The number of rotatable bonds is 3. The monoisotopic (exact) mass is 276 g/mol. The lowest BCUT2D eigenvalue weighted by molar-refractivity contribution is 0.476. The summed E-state index contributed by atoms with van der Waals surface area (Å²) in [5, 5.41) is 18.6. The Balaban J connectivity index is 2.23. The van der Waals surface area contributed by atoms with Crippen LogP contribution in [0.15, 0.2) is 28.4 Å². The van der Waals surface area contributed by atoms with Crippen molar-refractivity contribution >= 4 is 27.8 Å². The van der Waals surface area contributed by atoms with Crippen molar-refractivity contribution in [2.24, 2.45) is 10.2 Å². The van der Waals surface area contributed by atoms with E-state index >= 15 is 0 Å². The molecule has 1 N–H and O–H groups in total. The standard InChI is InChI=1S/C13H16N4OS/c1-8-9(2)19-13(14-8)16-15-11-6-5-10(17(3)4)7-12(11)18/h5-7,18H,1-4H3. The van der Waals surface area contributed by atoms with Crippen molar-refractivity contribution in [1.29, 1.82) is 0 Å². The summed E-state index contributed by atoms with van der Waals surface area (Å²) in [6, 6.07) is 5.28. The van der Waals surface area contributed by atoms with Crippen LogP contribution in [0.4, 0.5) is 16.5 Å². The molecule has 2 rings (SSSR count). The number of azo groups is 1. The average Bonchev–Trinajstić information content (AvgIpc) is 2.67. The zero-order valence-corrected chi connectivity index (χ0v) is 12.2. The van der Waals surface area contributed by atoms with Crippen LogP contribution in [-0.4, -0.2) is 24.2 Å². The molecule has 0 aliphatic rings. The third-order valence-electron chi connectivity index (χ3n) is 2.74. The van der Waals surface area contributed by atoms with Crippen molar-refractivity contribution in [2.75, 3.05) is 19.0 Å². The van der Waals surface area contributed by atoms with E-state index in [-0.39, 0.29) is 5.75 Å². The fraction of sp³-hybridized carbons (Fsp3) is 0.308. The number of aromatic nitrogens is 1. The molecule has 0 aliphatic carbocycles. The molecule has 0 saturated carbocycles. The molecule has 5 nitrogen and oxygen atoms in total. The molecule has 0 radical (unpaired) electrons. The fourth-order valence-corrected chi connectivity index (χ4v) is 2.20. The van der Waals surface area contributed by atoms with Crippen LogP contribution in [0.5, 0.6) is 5.75 Å². The van der Waals surface area contributed by atoms with Crippen molar-refractivity contribution in [3.05, 3.63) is 28.8 Å². The number of hydrogen-bond acceptors (Lipinski definition) is 6. The number of phenols is 1. The lowest BCUT2D eigenvalue weighted by Gasteiger charge is -2.12. The molecule has 6 heteroatoms. The summed E-state index contributed by atoms with van der Waals surface area (Å²) in [5.41, 5.74) is 2.32. The Bertz CT molecular complexity index is 600. The molecule has 0 amide bonds. The van der Waals surface area contributed by atoms with Crippen LogP contribution in [0.1, 0.15) is 10.6 Å². The van der Waals surface area contributed by atoms with Crippen molar-refractivity contribution in [1.82, 2.24) is 4.98 Å². The highest BCUT2D eigenvalue weighted by Gasteiger charge is 2.05. The summed E-state index contributed by atoms with van der Waals surface area (Å²) in [4.78, 5) is 7.31. The maximum absolute atomic E-state index is 9.88. The summed E-state index contributed by atoms with van der Waals surface area (Å²) < 4.78 is 0. The topological polar surface area (TPSA) is 61.1 Å². The van der Waals surface area contributed by atoms with Crippen molar-refractivity contribution in [2.45, 2.75) is 13.8 Å². The quantitative estimate of drug-likeness (QED) is 0.863. The van der Waals surface area contributed by atoms with Crippen LogP contribution < -0.4 is 4.90 Å². The number of hydrogen-bond donors (Lipinski definition) is 1. The van der Waals surface area contributed by atoms with Gasteiger partial charge in [-0.25, -0.2) is 4.98 Å². The normalized spacial score (nSPS) is 11.2. The maximum atomic E-state index is 9.88. The second-order valence-electron chi connectivity index (χ2n) is 4.41. The van der Waals surface area contributed by atoms with Gasteiger partial charge in [0, 0.05) is 30.7 Å². The third-order valence-corrected chi connectivity index (χ3v) is 3.69. The van der Waals surface area contributed by atoms with E-state index in [1.165, 1.54) is 11.3 Å². The Kier molecular flexibility index (Phi) is 3.80. The van der Waals surface area contributed by atoms with Crippen LogP contribution in [0.3, 0.4) is 0 Å². The van der Waals surface area contributed by atoms with Gasteiger partial charge in [0.2, 0.25) is 5.13 Å². The first-order chi connectivity index (χ1) is 8.97. The molecule has 1 aromatic heterocycles. The molecule has 0 saturated heterocycles. The van der Waals surface area contributed by atoms with E-state index in [0.717, 1.165) is 16.3 Å². The zero-order chi connectivity index (χ0) is 14.0. The van der Waals surface area contributed by atoms with E-state index < -0.39 is 0 Å². The highest BCUT2D eigenvalue weighted by Crippen LogP contribution is 2.32. The Hall–Kier alpha value is -1.95. The first-order valence-electron chi connectivity index (χ1n) is 5.83. The summed E-state index contributed by atoms with van der Waals surface area (Å²) >= 11 is 1.49. The minimum absolute atomic E-state index is 0.111. The molecule has 100 valence electrons. The molecular formula is C13H16N4OS. The summed E-state index contributed by atoms with van der Waals surface area (Å²) in [5.74, 6) is 0.111. The molecule has 19 heavy (non-hydrogen) atoms. The molecule has 0 fully saturated rings. The second kappa shape index (κ2) is 5.36. The molecule has 0 aliphatic heterocycles. The van der Waals surface area contributed by atoms with Crippen LogP contribution in [0.25, 0.3) is 0 Å². The molecule has 0 atom stereocenters. The largest absolute Gasteiger partial charge is 0.506 e. The fourth-order valence-electron chi connectivity index (χ4n) is 1.47. The van der Waals surface area contributed by atoms with Gasteiger partial charge >= 0.3 is 0 Å². The summed E-state index contributed by atoms with van der Waals surface area (Å²) in [7, 11) is 3.83. The van der Waals surface area contributed by atoms with E-state index in [2.05, 4.69) is 15.2 Å². The van der Waals surface area contributed by atoms with Gasteiger partial charge < -0.3 is 10.0 Å². The highest BCUT2D eigenvalue weighted by atomic mass is 32.1. The van der Waals surface area contributed by atoms with Crippen LogP contribution in [0.2, 0.25) is 0 Å². The van der Waals surface area contributed by atoms with Crippen LogP contribution in [0, 0.1) is 13.8 Å². The molecule has 1 heterocycles. The molecule has 0 spiro atoms. The van der Waals surface area contributed by atoms with Gasteiger partial charge in [-0.3, -0.25) is 0 Å². The summed E-state index contributed by atoms with van der Waals surface area (Å²) in [6.07, 6.45) is 0. The average molecular weight is 276 g/mol. The number of anilines is 1. The van der Waals surface area contributed by atoms with Gasteiger partial charge in [0.05, 0.1) is 5.69 Å². The Morgan fingerprint density at radius 3 is 2.47 bits per heavy atom. The predicted molar refractivity (Wildman–Crippen MR) is 78.2 cm³/mol. The van der Waals surface area contributed by atoms with Crippen LogP contribution in [-0.2, 0) is 0 Å². The minimum atomic E-state index is 0.111. The number of nitrogens with zero attached hydrogens (tertiary/aromatic N) is 4. The van der Waals surface area contributed by atoms with E-state index in [1.54, 1.807) is 12.1 Å². The lowest BCUT2D eigenvalue weighted by atomic mass is 10.2. The molecular weight excluding hydrogens is 260 g/mol. The van der Waals surface area contributed by atoms with E-state index in [1.807, 2.05) is 38.9 Å². The third kappa shape index (κ3) is 3.08. The van der Waals surface area contributed by atoms with Crippen molar-refractivity contribution < 1.29 is 5.11 Å². The maximum Gasteiger partial charge on any atom is 0.230 e. The number of phenolic OH excluding ortho intramolecular Hbond substituents is 1. The number of aryl methyl sites for hydroxylation is 2. The van der Waals surface area contributed by atoms with Gasteiger partial charge in [-0.05, 0) is 26.0 Å². The van der Waals surface area contributed by atoms with Gasteiger partial charge in [0.25, 0.3) is 0 Å². The Labute approximate surface area is 116 Å². The zero-order valence-electron chi connectivity index (χ0n) is 11.4. The predicted octanol–water partition coefficient (Wildman–Crippen LogP) is 3.95. The van der Waals surface area contributed by atoms with E-state index in [4.69, 9.17) is 0 Å². The number of thiazole rings is 1. The van der Waals surface area contributed by atoms with E-state index in [9.17, 15) is 5.11 Å². The summed E-state index contributed by atoms with van der Waals surface area (Å²) in [6.45, 7) is 3.93. The van der Waals surface area contributed by atoms with Crippen molar-refractivity contribution in [3.63, 3.8) is 0 Å². The van der Waals surface area contributed by atoms with E-state index in [0.29, 0.717) is 10.8 Å². The van der Waals surface area contributed by atoms with Gasteiger partial charge in [-0.15, -0.1) is 10.2 Å².